The molecule has 104 valence electrons. The van der Waals surface area contributed by atoms with Gasteiger partial charge in [0.05, 0.1) is 10.7 Å². The molecule has 0 radical (unpaired) electrons. The highest BCUT2D eigenvalue weighted by molar-refractivity contribution is 7.80. The monoisotopic (exact) mass is 305 g/mol. The van der Waals surface area contributed by atoms with Crippen LogP contribution in [0.5, 0.6) is 0 Å². The van der Waals surface area contributed by atoms with Gasteiger partial charge >= 0.3 is 0 Å². The lowest BCUT2D eigenvalue weighted by atomic mass is 10.1. The number of halogens is 1. The first-order valence-electron chi connectivity index (χ1n) is 6.36. The van der Waals surface area contributed by atoms with Crippen LogP contribution in [-0.2, 0) is 6.42 Å². The van der Waals surface area contributed by atoms with Crippen molar-refractivity contribution in [3.8, 4) is 0 Å². The fourth-order valence-electron chi connectivity index (χ4n) is 1.79. The van der Waals surface area contributed by atoms with Crippen LogP contribution in [0.3, 0.4) is 0 Å². The van der Waals surface area contributed by atoms with Gasteiger partial charge < -0.3 is 5.32 Å². The summed E-state index contributed by atoms with van der Waals surface area (Å²) >= 11 is 11.3. The summed E-state index contributed by atoms with van der Waals surface area (Å²) < 4.78 is 0. The zero-order valence-corrected chi connectivity index (χ0v) is 12.7. The van der Waals surface area contributed by atoms with E-state index in [0.29, 0.717) is 10.1 Å². The van der Waals surface area contributed by atoms with E-state index < -0.39 is 0 Å². The highest BCUT2D eigenvalue weighted by Gasteiger charge is 2.03. The van der Waals surface area contributed by atoms with Crippen LogP contribution in [0.4, 0.5) is 11.4 Å². The van der Waals surface area contributed by atoms with Gasteiger partial charge in [-0.1, -0.05) is 48.9 Å². The lowest BCUT2D eigenvalue weighted by Crippen LogP contribution is -2.33. The van der Waals surface area contributed by atoms with E-state index in [1.54, 1.807) is 0 Å². The molecule has 2 rings (SSSR count). The molecule has 2 aromatic carbocycles. The number of rotatable bonds is 4. The predicted octanol–water partition coefficient (Wildman–Crippen LogP) is 4.22. The second-order valence-corrected chi connectivity index (χ2v) is 5.01. The Bertz CT molecular complexity index is 601. The maximum atomic E-state index is 6.05. The Morgan fingerprint density at radius 3 is 2.40 bits per heavy atom. The van der Waals surface area contributed by atoms with Gasteiger partial charge in [-0.2, -0.15) is 0 Å². The molecule has 3 nitrogen and oxygen atoms in total. The van der Waals surface area contributed by atoms with Gasteiger partial charge in [0.2, 0.25) is 0 Å². The zero-order valence-electron chi connectivity index (χ0n) is 11.1. The zero-order chi connectivity index (χ0) is 14.4. The number of nitrogens with one attached hydrogen (secondary N) is 3. The number of hydrazine groups is 1. The van der Waals surface area contributed by atoms with Crippen LogP contribution in [0.25, 0.3) is 0 Å². The smallest absolute Gasteiger partial charge is 0.189 e. The number of aryl methyl sites for hydroxylation is 1. The van der Waals surface area contributed by atoms with Crippen LogP contribution in [0, 0.1) is 0 Å². The quantitative estimate of drug-likeness (QED) is 0.584. The summed E-state index contributed by atoms with van der Waals surface area (Å²) in [5, 5.41) is 4.29. The number of thiocarbonyl (C=S) groups is 1. The largest absolute Gasteiger partial charge is 0.331 e. The summed E-state index contributed by atoms with van der Waals surface area (Å²) in [7, 11) is 0. The Kier molecular flexibility index (Phi) is 5.21. The normalized spacial score (nSPS) is 9.90. The molecule has 0 aromatic heterocycles. The minimum atomic E-state index is 0.491. The van der Waals surface area contributed by atoms with E-state index in [1.807, 2.05) is 42.5 Å². The van der Waals surface area contributed by atoms with Gasteiger partial charge in [-0.25, -0.2) is 0 Å². The van der Waals surface area contributed by atoms with Crippen molar-refractivity contribution in [3.05, 3.63) is 59.1 Å². The number of hydrogen-bond donors (Lipinski definition) is 3. The Balaban J connectivity index is 1.95. The molecule has 0 aliphatic rings. The van der Waals surface area contributed by atoms with Crippen LogP contribution in [0.1, 0.15) is 12.5 Å². The van der Waals surface area contributed by atoms with E-state index >= 15 is 0 Å². The van der Waals surface area contributed by atoms with Crippen molar-refractivity contribution in [1.29, 1.82) is 0 Å². The van der Waals surface area contributed by atoms with Crippen LogP contribution < -0.4 is 16.2 Å². The molecular formula is C15H16ClN3S. The average molecular weight is 306 g/mol. The molecule has 0 saturated carbocycles. The number of anilines is 2. The number of hydrogen-bond acceptors (Lipinski definition) is 2. The molecule has 0 aliphatic carbocycles. The third-order valence-electron chi connectivity index (χ3n) is 2.83. The molecule has 0 unspecified atom stereocenters. The van der Waals surface area contributed by atoms with Crippen molar-refractivity contribution >= 4 is 40.3 Å². The first kappa shape index (κ1) is 14.6. The maximum Gasteiger partial charge on any atom is 0.189 e. The first-order chi connectivity index (χ1) is 9.70. The number of benzene rings is 2. The Morgan fingerprint density at radius 2 is 1.70 bits per heavy atom. The van der Waals surface area contributed by atoms with E-state index in [2.05, 4.69) is 29.2 Å². The molecule has 20 heavy (non-hydrogen) atoms. The molecule has 0 fully saturated rings. The molecule has 3 N–H and O–H groups in total. The predicted molar refractivity (Wildman–Crippen MR) is 90.3 cm³/mol. The standard InChI is InChI=1S/C15H16ClN3S/c1-2-11-7-3-5-9-13(11)17-15(20)19-18-14-10-6-4-8-12(14)16/h3-10,18H,2H2,1H3,(H2,17,19,20). The van der Waals surface area contributed by atoms with E-state index in [-0.39, 0.29) is 0 Å². The minimum Gasteiger partial charge on any atom is -0.331 e. The molecule has 0 saturated heterocycles. The van der Waals surface area contributed by atoms with Gasteiger partial charge in [0.1, 0.15) is 0 Å². The van der Waals surface area contributed by atoms with E-state index in [1.165, 1.54) is 5.56 Å². The van der Waals surface area contributed by atoms with Crippen molar-refractivity contribution < 1.29 is 0 Å². The SMILES string of the molecule is CCc1ccccc1NC(=S)NNc1ccccc1Cl. The van der Waals surface area contributed by atoms with Crippen LogP contribution in [-0.4, -0.2) is 5.11 Å². The fourth-order valence-corrected chi connectivity index (χ4v) is 2.13. The summed E-state index contributed by atoms with van der Waals surface area (Å²) in [5.41, 5.74) is 8.91. The lowest BCUT2D eigenvalue weighted by Gasteiger charge is -2.15. The highest BCUT2D eigenvalue weighted by Crippen LogP contribution is 2.19. The summed E-state index contributed by atoms with van der Waals surface area (Å²) in [5.74, 6) is 0. The topological polar surface area (TPSA) is 36.1 Å². The summed E-state index contributed by atoms with van der Waals surface area (Å²) in [6, 6.07) is 15.5. The van der Waals surface area contributed by atoms with Gasteiger partial charge in [0.25, 0.3) is 0 Å². The van der Waals surface area contributed by atoms with Gasteiger partial charge in [0.15, 0.2) is 5.11 Å². The van der Waals surface area contributed by atoms with Crippen molar-refractivity contribution in [2.45, 2.75) is 13.3 Å². The molecule has 2 aromatic rings. The maximum absolute atomic E-state index is 6.05. The second kappa shape index (κ2) is 7.12. The fraction of sp³-hybridized carbons (Fsp3) is 0.133. The Labute approximate surface area is 129 Å². The molecule has 5 heteroatoms. The molecule has 0 aliphatic heterocycles. The van der Waals surface area contributed by atoms with Crippen LogP contribution >= 0.6 is 23.8 Å². The van der Waals surface area contributed by atoms with Crippen LogP contribution in [0.15, 0.2) is 48.5 Å². The molecule has 0 amide bonds. The van der Waals surface area contributed by atoms with Gasteiger partial charge in [-0.3, -0.25) is 10.9 Å². The third kappa shape index (κ3) is 3.85. The molecule has 0 bridgehead atoms. The molecular weight excluding hydrogens is 290 g/mol. The van der Waals surface area contributed by atoms with E-state index in [0.717, 1.165) is 17.8 Å². The second-order valence-electron chi connectivity index (χ2n) is 4.19. The van der Waals surface area contributed by atoms with Crippen LogP contribution in [0.2, 0.25) is 5.02 Å². The van der Waals surface area contributed by atoms with Crippen molar-refractivity contribution in [2.24, 2.45) is 0 Å². The highest BCUT2D eigenvalue weighted by atomic mass is 35.5. The summed E-state index contributed by atoms with van der Waals surface area (Å²) in [6.45, 7) is 2.11. The minimum absolute atomic E-state index is 0.491. The van der Waals surface area contributed by atoms with Crippen molar-refractivity contribution in [1.82, 2.24) is 5.43 Å². The Hall–Kier alpha value is -1.78. The molecule has 0 atom stereocenters. The average Bonchev–Trinajstić information content (AvgIpc) is 2.47. The summed E-state index contributed by atoms with van der Waals surface area (Å²) in [4.78, 5) is 0. The van der Waals surface area contributed by atoms with Crippen molar-refractivity contribution in [2.75, 3.05) is 10.7 Å². The number of para-hydroxylation sites is 2. The first-order valence-corrected chi connectivity index (χ1v) is 7.14. The van der Waals surface area contributed by atoms with Gasteiger partial charge in [-0.15, -0.1) is 0 Å². The molecule has 0 spiro atoms. The van der Waals surface area contributed by atoms with E-state index in [9.17, 15) is 0 Å². The van der Waals surface area contributed by atoms with Gasteiger partial charge in [-0.05, 0) is 42.4 Å². The lowest BCUT2D eigenvalue weighted by molar-refractivity contribution is 1.12. The van der Waals surface area contributed by atoms with E-state index in [4.69, 9.17) is 23.8 Å². The third-order valence-corrected chi connectivity index (χ3v) is 3.36. The van der Waals surface area contributed by atoms with Gasteiger partial charge in [0, 0.05) is 5.69 Å². The molecule has 0 heterocycles. The van der Waals surface area contributed by atoms with Crippen molar-refractivity contribution in [3.63, 3.8) is 0 Å². The summed E-state index contributed by atoms with van der Waals surface area (Å²) in [6.07, 6.45) is 0.948. The Morgan fingerprint density at radius 1 is 1.05 bits per heavy atom.